The van der Waals surface area contributed by atoms with E-state index in [9.17, 15) is 23.7 Å². The number of carbonyl (C=O) groups is 1. The summed E-state index contributed by atoms with van der Waals surface area (Å²) in [6.45, 7) is 1.60. The molecule has 1 rings (SSSR count). The number of carbonyl (C=O) groups excluding carboxylic acids is 1. The summed E-state index contributed by atoms with van der Waals surface area (Å²) < 4.78 is 30.3. The molecule has 0 unspecified atom stereocenters. The lowest BCUT2D eigenvalue weighted by molar-refractivity contribution is -0.386. The van der Waals surface area contributed by atoms with Gasteiger partial charge in [0, 0.05) is 0 Å². The van der Waals surface area contributed by atoms with Gasteiger partial charge in [-0.05, 0) is 6.92 Å². The molecule has 6 nitrogen and oxygen atoms in total. The van der Waals surface area contributed by atoms with Crippen LogP contribution in [-0.4, -0.2) is 22.5 Å². The first kappa shape index (κ1) is 15.2. The zero-order chi connectivity index (χ0) is 14.6. The predicted molar refractivity (Wildman–Crippen MR) is 61.2 cm³/mol. The van der Waals surface area contributed by atoms with Crippen LogP contribution >= 0.6 is 11.6 Å². The number of hydrogen-bond donors (Lipinski definition) is 0. The molecule has 0 amide bonds. The Morgan fingerprint density at radius 1 is 1.63 bits per heavy atom. The second-order valence-electron chi connectivity index (χ2n) is 3.36. The number of ether oxygens (including phenoxy) is 1. The summed E-state index contributed by atoms with van der Waals surface area (Å²) in [5, 5.41) is 10.4. The highest BCUT2D eigenvalue weighted by atomic mass is 35.5. The normalized spacial score (nSPS) is 10.6. The third-order valence-electron chi connectivity index (χ3n) is 2.12. The minimum Gasteiger partial charge on any atom is -0.466 e. The molecule has 1 heterocycles. The highest BCUT2D eigenvalue weighted by molar-refractivity contribution is 6.29. The van der Waals surface area contributed by atoms with Gasteiger partial charge < -0.3 is 4.74 Å². The number of esters is 1. The highest BCUT2D eigenvalue weighted by Gasteiger charge is 2.28. The Morgan fingerprint density at radius 3 is 2.74 bits per heavy atom. The van der Waals surface area contributed by atoms with Crippen LogP contribution in [0.2, 0.25) is 5.15 Å². The number of pyridine rings is 1. The van der Waals surface area contributed by atoms with Gasteiger partial charge in [0.15, 0.2) is 0 Å². The van der Waals surface area contributed by atoms with Crippen molar-refractivity contribution >= 4 is 23.3 Å². The zero-order valence-electron chi connectivity index (χ0n) is 9.73. The van der Waals surface area contributed by atoms with Gasteiger partial charge in [-0.1, -0.05) is 11.6 Å². The highest BCUT2D eigenvalue weighted by Crippen LogP contribution is 2.33. The summed E-state index contributed by atoms with van der Waals surface area (Å²) in [5.41, 5.74) is -2.23. The summed E-state index contributed by atoms with van der Waals surface area (Å²) in [6, 6.07) is 0.720. The molecule has 0 aliphatic heterocycles. The molecule has 0 aliphatic rings. The van der Waals surface area contributed by atoms with Gasteiger partial charge >= 0.3 is 5.97 Å². The van der Waals surface area contributed by atoms with E-state index in [0.717, 1.165) is 6.07 Å². The molecule has 0 atom stereocenters. The molecule has 0 radical (unpaired) electrons. The summed E-state index contributed by atoms with van der Waals surface area (Å²) in [5.74, 6) is -0.812. The molecule has 0 saturated carbocycles. The van der Waals surface area contributed by atoms with Crippen LogP contribution in [-0.2, 0) is 16.0 Å². The zero-order valence-corrected chi connectivity index (χ0v) is 10.5. The molecular weight excluding hydrogens is 286 g/mol. The maximum Gasteiger partial charge on any atom is 0.311 e. The molecule has 0 aliphatic carbocycles. The largest absolute Gasteiger partial charge is 0.466 e. The molecule has 104 valence electrons. The Morgan fingerprint density at radius 2 is 2.26 bits per heavy atom. The smallest absolute Gasteiger partial charge is 0.311 e. The molecule has 19 heavy (non-hydrogen) atoms. The van der Waals surface area contributed by atoms with Crippen LogP contribution in [0.5, 0.6) is 0 Å². The fourth-order valence-corrected chi connectivity index (χ4v) is 1.64. The van der Waals surface area contributed by atoms with Crippen LogP contribution in [0, 0.1) is 10.1 Å². The van der Waals surface area contributed by atoms with E-state index in [1.165, 1.54) is 0 Å². The van der Waals surface area contributed by atoms with E-state index < -0.39 is 40.7 Å². The Balaban J connectivity index is 3.28. The van der Waals surface area contributed by atoms with Gasteiger partial charge in [-0.15, -0.1) is 0 Å². The maximum absolute atomic E-state index is 12.9. The standard InChI is InChI=1S/C10H9ClF2N2O4/c1-2-19-8(16)3-5-9(10(12)13)6(15(17)18)4-7(11)14-5/h4,10H,2-3H2,1H3. The predicted octanol–water partition coefficient (Wildman–Crippen LogP) is 2.69. The van der Waals surface area contributed by atoms with Gasteiger partial charge in [0.1, 0.15) is 10.7 Å². The lowest BCUT2D eigenvalue weighted by atomic mass is 10.1. The van der Waals surface area contributed by atoms with Gasteiger partial charge in [0.2, 0.25) is 0 Å². The Labute approximate surface area is 111 Å². The third kappa shape index (κ3) is 3.82. The minimum atomic E-state index is -3.14. The van der Waals surface area contributed by atoms with E-state index in [4.69, 9.17) is 11.6 Å². The fourth-order valence-electron chi connectivity index (χ4n) is 1.43. The summed E-state index contributed by atoms with van der Waals surface area (Å²) in [7, 11) is 0. The lowest BCUT2D eigenvalue weighted by Gasteiger charge is -2.08. The van der Waals surface area contributed by atoms with Crippen molar-refractivity contribution in [3.63, 3.8) is 0 Å². The van der Waals surface area contributed by atoms with Crippen LogP contribution in [0.3, 0.4) is 0 Å². The van der Waals surface area contributed by atoms with Crippen LogP contribution in [0.25, 0.3) is 0 Å². The van der Waals surface area contributed by atoms with Gasteiger partial charge in [0.05, 0.1) is 29.7 Å². The molecule has 0 saturated heterocycles. The summed E-state index contributed by atoms with van der Waals surface area (Å²) >= 11 is 5.52. The molecule has 0 bridgehead atoms. The van der Waals surface area contributed by atoms with Crippen molar-refractivity contribution in [1.29, 1.82) is 0 Å². The van der Waals surface area contributed by atoms with Crippen LogP contribution in [0.4, 0.5) is 14.5 Å². The monoisotopic (exact) mass is 294 g/mol. The average Bonchev–Trinajstić information content (AvgIpc) is 2.27. The SMILES string of the molecule is CCOC(=O)Cc1nc(Cl)cc([N+](=O)[O-])c1C(F)F. The van der Waals surface area contributed by atoms with E-state index >= 15 is 0 Å². The first-order valence-electron chi connectivity index (χ1n) is 5.14. The topological polar surface area (TPSA) is 82.3 Å². The minimum absolute atomic E-state index is 0.0610. The van der Waals surface area contributed by atoms with Gasteiger partial charge in [-0.2, -0.15) is 0 Å². The lowest BCUT2D eigenvalue weighted by Crippen LogP contribution is -2.12. The van der Waals surface area contributed by atoms with Crippen molar-refractivity contribution in [2.75, 3.05) is 6.61 Å². The van der Waals surface area contributed by atoms with Crippen molar-refractivity contribution in [2.24, 2.45) is 0 Å². The number of aromatic nitrogens is 1. The summed E-state index contributed by atoms with van der Waals surface area (Å²) in [6.07, 6.45) is -3.75. The molecule has 1 aromatic heterocycles. The van der Waals surface area contributed by atoms with Crippen molar-refractivity contribution in [2.45, 2.75) is 19.8 Å². The van der Waals surface area contributed by atoms with E-state index in [2.05, 4.69) is 9.72 Å². The van der Waals surface area contributed by atoms with E-state index in [0.29, 0.717) is 0 Å². The molecule has 0 fully saturated rings. The second kappa shape index (κ2) is 6.37. The van der Waals surface area contributed by atoms with Gasteiger partial charge in [-0.25, -0.2) is 13.8 Å². The Bertz CT molecular complexity index is 511. The average molecular weight is 295 g/mol. The van der Waals surface area contributed by atoms with Crippen LogP contribution < -0.4 is 0 Å². The maximum atomic E-state index is 12.9. The number of rotatable bonds is 5. The molecular formula is C10H9ClF2N2O4. The third-order valence-corrected chi connectivity index (χ3v) is 2.31. The summed E-state index contributed by atoms with van der Waals surface area (Å²) in [4.78, 5) is 24.5. The van der Waals surface area contributed by atoms with Crippen LogP contribution in [0.1, 0.15) is 24.6 Å². The number of halogens is 3. The Hall–Kier alpha value is -1.83. The fraction of sp³-hybridized carbons (Fsp3) is 0.400. The van der Waals surface area contributed by atoms with Crippen molar-refractivity contribution in [1.82, 2.24) is 4.98 Å². The molecule has 9 heteroatoms. The first-order chi connectivity index (χ1) is 8.86. The molecule has 0 N–H and O–H groups in total. The Kier molecular flexibility index (Phi) is 5.11. The van der Waals surface area contributed by atoms with E-state index in [1.807, 2.05) is 0 Å². The first-order valence-corrected chi connectivity index (χ1v) is 5.52. The molecule has 0 aromatic carbocycles. The van der Waals surface area contributed by atoms with E-state index in [1.54, 1.807) is 6.92 Å². The van der Waals surface area contributed by atoms with E-state index in [-0.39, 0.29) is 11.8 Å². The van der Waals surface area contributed by atoms with Crippen molar-refractivity contribution in [3.8, 4) is 0 Å². The molecule has 1 aromatic rings. The van der Waals surface area contributed by atoms with Crippen LogP contribution in [0.15, 0.2) is 6.07 Å². The number of nitrogens with zero attached hydrogens (tertiary/aromatic N) is 2. The number of alkyl halides is 2. The number of hydrogen-bond acceptors (Lipinski definition) is 5. The van der Waals surface area contributed by atoms with Gasteiger partial charge in [-0.3, -0.25) is 14.9 Å². The molecule has 0 spiro atoms. The van der Waals surface area contributed by atoms with Crippen molar-refractivity contribution < 1.29 is 23.2 Å². The van der Waals surface area contributed by atoms with Gasteiger partial charge in [0.25, 0.3) is 12.1 Å². The second-order valence-corrected chi connectivity index (χ2v) is 3.75. The number of nitro groups is 1. The van der Waals surface area contributed by atoms with Crippen molar-refractivity contribution in [3.05, 3.63) is 32.6 Å². The quantitative estimate of drug-likeness (QED) is 0.361.